The third-order valence-corrected chi connectivity index (χ3v) is 5.21. The van der Waals surface area contributed by atoms with Gasteiger partial charge < -0.3 is 4.98 Å². The van der Waals surface area contributed by atoms with Crippen LogP contribution in [-0.4, -0.2) is 30.7 Å². The fourth-order valence-corrected chi connectivity index (χ4v) is 3.95. The van der Waals surface area contributed by atoms with Gasteiger partial charge in [-0.3, -0.25) is 9.10 Å². The summed E-state index contributed by atoms with van der Waals surface area (Å²) in [6.07, 6.45) is 2.16. The van der Waals surface area contributed by atoms with E-state index < -0.39 is 10.0 Å². The molecule has 0 amide bonds. The minimum Gasteiger partial charge on any atom is -0.332 e. The van der Waals surface area contributed by atoms with E-state index in [1.165, 1.54) is 10.5 Å². The Kier molecular flexibility index (Phi) is 3.29. The number of nitrogens with one attached hydrogen (secondary N) is 1. The van der Waals surface area contributed by atoms with Crippen LogP contribution in [0.25, 0.3) is 0 Å². The second-order valence-corrected chi connectivity index (χ2v) is 6.78. The van der Waals surface area contributed by atoms with Crippen molar-refractivity contribution in [3.63, 3.8) is 0 Å². The number of carbonyl (C=O) groups excluding carboxylic acids is 1. The van der Waals surface area contributed by atoms with Gasteiger partial charge in [0.2, 0.25) is 0 Å². The molecule has 0 spiro atoms. The standard InChI is InChI=1S/C14H15N3O3S/c1-10-15-9-14(16-10)21(19,20)17-8-4-7-13(18)11-5-2-3-6-12(11)17/h2-3,5-6,9H,4,7-8H2,1H3,(H,15,16). The molecular formula is C14H15N3O3S. The maximum absolute atomic E-state index is 12.8. The Bertz CT molecular complexity index is 795. The van der Waals surface area contributed by atoms with Crippen molar-refractivity contribution in [2.45, 2.75) is 24.8 Å². The summed E-state index contributed by atoms with van der Waals surface area (Å²) in [5, 5.41) is 0.0455. The van der Waals surface area contributed by atoms with E-state index in [-0.39, 0.29) is 17.4 Å². The summed E-state index contributed by atoms with van der Waals surface area (Å²) in [6.45, 7) is 1.97. The molecule has 0 aliphatic carbocycles. The number of nitrogens with zero attached hydrogens (tertiary/aromatic N) is 2. The number of aryl methyl sites for hydroxylation is 1. The number of hydrogen-bond acceptors (Lipinski definition) is 4. The maximum atomic E-state index is 12.8. The van der Waals surface area contributed by atoms with E-state index >= 15 is 0 Å². The van der Waals surface area contributed by atoms with Crippen molar-refractivity contribution >= 4 is 21.5 Å². The monoisotopic (exact) mass is 305 g/mol. The average Bonchev–Trinajstić information content (AvgIpc) is 2.83. The predicted molar refractivity (Wildman–Crippen MR) is 77.9 cm³/mol. The molecule has 21 heavy (non-hydrogen) atoms. The van der Waals surface area contributed by atoms with Crippen LogP contribution < -0.4 is 4.31 Å². The molecule has 1 aliphatic heterocycles. The first-order valence-corrected chi connectivity index (χ1v) is 8.11. The fraction of sp³-hybridized carbons (Fsp3) is 0.286. The van der Waals surface area contributed by atoms with Gasteiger partial charge in [0, 0.05) is 18.5 Å². The van der Waals surface area contributed by atoms with Crippen LogP contribution >= 0.6 is 0 Å². The molecule has 1 aliphatic rings. The predicted octanol–water partition coefficient (Wildman–Crippen LogP) is 1.89. The fourth-order valence-electron chi connectivity index (χ4n) is 2.46. The highest BCUT2D eigenvalue weighted by molar-refractivity contribution is 7.92. The summed E-state index contributed by atoms with van der Waals surface area (Å²) in [6, 6.07) is 6.81. The molecular weight excluding hydrogens is 290 g/mol. The Morgan fingerprint density at radius 1 is 1.29 bits per heavy atom. The summed E-state index contributed by atoms with van der Waals surface area (Å²) in [4.78, 5) is 18.8. The van der Waals surface area contributed by atoms with E-state index in [0.717, 1.165) is 0 Å². The zero-order chi connectivity index (χ0) is 15.0. The van der Waals surface area contributed by atoms with Gasteiger partial charge in [0.15, 0.2) is 10.8 Å². The van der Waals surface area contributed by atoms with Crippen molar-refractivity contribution in [3.8, 4) is 0 Å². The van der Waals surface area contributed by atoms with E-state index in [1.54, 1.807) is 31.2 Å². The smallest absolute Gasteiger partial charge is 0.281 e. The molecule has 0 atom stereocenters. The lowest BCUT2D eigenvalue weighted by Gasteiger charge is -2.23. The molecule has 1 aromatic heterocycles. The molecule has 1 aromatic carbocycles. The van der Waals surface area contributed by atoms with Gasteiger partial charge in [-0.2, -0.15) is 8.42 Å². The summed E-state index contributed by atoms with van der Waals surface area (Å²) >= 11 is 0. The topological polar surface area (TPSA) is 83.1 Å². The molecule has 6 nitrogen and oxygen atoms in total. The number of aromatic amines is 1. The lowest BCUT2D eigenvalue weighted by molar-refractivity contribution is 0.0984. The average molecular weight is 305 g/mol. The van der Waals surface area contributed by atoms with Crippen molar-refractivity contribution in [2.24, 2.45) is 0 Å². The first-order chi connectivity index (χ1) is 10.00. The van der Waals surface area contributed by atoms with Gasteiger partial charge in [-0.1, -0.05) is 12.1 Å². The van der Waals surface area contributed by atoms with Gasteiger partial charge >= 0.3 is 0 Å². The number of aromatic nitrogens is 2. The molecule has 0 unspecified atom stereocenters. The van der Waals surface area contributed by atoms with Crippen LogP contribution in [0.3, 0.4) is 0 Å². The van der Waals surface area contributed by atoms with Gasteiger partial charge in [0.1, 0.15) is 5.82 Å². The first kappa shape index (κ1) is 13.8. The van der Waals surface area contributed by atoms with Crippen molar-refractivity contribution in [1.29, 1.82) is 0 Å². The Morgan fingerprint density at radius 2 is 2.05 bits per heavy atom. The number of ketones is 1. The number of fused-ring (bicyclic) bond motifs is 1. The second kappa shape index (κ2) is 5.00. The Balaban J connectivity index is 2.14. The number of anilines is 1. The van der Waals surface area contributed by atoms with Crippen LogP contribution in [-0.2, 0) is 10.0 Å². The van der Waals surface area contributed by atoms with Gasteiger partial charge in [-0.25, -0.2) is 4.98 Å². The highest BCUT2D eigenvalue weighted by Gasteiger charge is 2.31. The van der Waals surface area contributed by atoms with E-state index in [9.17, 15) is 13.2 Å². The van der Waals surface area contributed by atoms with Gasteiger partial charge in [0.25, 0.3) is 10.0 Å². The molecule has 3 rings (SSSR count). The molecule has 0 saturated heterocycles. The molecule has 110 valence electrons. The third kappa shape index (κ3) is 2.33. The van der Waals surface area contributed by atoms with Gasteiger partial charge in [-0.15, -0.1) is 0 Å². The van der Waals surface area contributed by atoms with Crippen molar-refractivity contribution < 1.29 is 13.2 Å². The highest BCUT2D eigenvalue weighted by Crippen LogP contribution is 2.30. The quantitative estimate of drug-likeness (QED) is 0.918. The number of rotatable bonds is 2. The molecule has 0 bridgehead atoms. The van der Waals surface area contributed by atoms with Crippen molar-refractivity contribution in [2.75, 3.05) is 10.8 Å². The summed E-state index contributed by atoms with van der Waals surface area (Å²) in [5.41, 5.74) is 0.891. The van der Waals surface area contributed by atoms with Crippen LogP contribution in [0.4, 0.5) is 5.69 Å². The molecule has 2 heterocycles. The number of para-hydroxylation sites is 1. The second-order valence-electron chi connectivity index (χ2n) is 4.95. The third-order valence-electron chi connectivity index (χ3n) is 3.49. The lowest BCUT2D eigenvalue weighted by Crippen LogP contribution is -2.32. The highest BCUT2D eigenvalue weighted by atomic mass is 32.2. The van der Waals surface area contributed by atoms with Crippen LogP contribution in [0.15, 0.2) is 35.5 Å². The van der Waals surface area contributed by atoms with Gasteiger partial charge in [-0.05, 0) is 25.5 Å². The SMILES string of the molecule is Cc1ncc(S(=O)(=O)N2CCCC(=O)c3ccccc32)[nH]1. The van der Waals surface area contributed by atoms with Crippen LogP contribution in [0.5, 0.6) is 0 Å². The first-order valence-electron chi connectivity index (χ1n) is 6.67. The Labute approximate surface area is 122 Å². The molecule has 0 radical (unpaired) electrons. The number of imidazole rings is 1. The minimum atomic E-state index is -3.74. The van der Waals surface area contributed by atoms with Crippen molar-refractivity contribution in [3.05, 3.63) is 41.9 Å². The molecule has 7 heteroatoms. The van der Waals surface area contributed by atoms with E-state index in [2.05, 4.69) is 9.97 Å². The lowest BCUT2D eigenvalue weighted by atomic mass is 10.1. The zero-order valence-corrected chi connectivity index (χ0v) is 12.4. The summed E-state index contributed by atoms with van der Waals surface area (Å²) in [7, 11) is -3.74. The van der Waals surface area contributed by atoms with Crippen LogP contribution in [0, 0.1) is 6.92 Å². The number of sulfonamides is 1. The molecule has 0 saturated carbocycles. The Hall–Kier alpha value is -2.15. The van der Waals surface area contributed by atoms with Crippen LogP contribution in [0.2, 0.25) is 0 Å². The summed E-state index contributed by atoms with van der Waals surface area (Å²) in [5.74, 6) is 0.511. The zero-order valence-electron chi connectivity index (χ0n) is 11.5. The van der Waals surface area contributed by atoms with E-state index in [4.69, 9.17) is 0 Å². The van der Waals surface area contributed by atoms with Crippen molar-refractivity contribution in [1.82, 2.24) is 9.97 Å². The molecule has 0 fully saturated rings. The van der Waals surface area contributed by atoms with E-state index in [1.807, 2.05) is 0 Å². The maximum Gasteiger partial charge on any atom is 0.281 e. The number of carbonyl (C=O) groups is 1. The van der Waals surface area contributed by atoms with E-state index in [0.29, 0.717) is 29.9 Å². The number of hydrogen-bond donors (Lipinski definition) is 1. The number of H-pyrrole nitrogens is 1. The normalized spacial score (nSPS) is 15.7. The molecule has 1 N–H and O–H groups in total. The number of benzene rings is 1. The molecule has 2 aromatic rings. The summed E-state index contributed by atoms with van der Waals surface area (Å²) < 4.78 is 26.8. The Morgan fingerprint density at radius 3 is 2.76 bits per heavy atom. The van der Waals surface area contributed by atoms with Gasteiger partial charge in [0.05, 0.1) is 11.9 Å². The number of Topliss-reactive ketones (excluding diaryl/α,β-unsaturated/α-hetero) is 1. The van der Waals surface area contributed by atoms with Crippen LogP contribution in [0.1, 0.15) is 29.0 Å². The largest absolute Gasteiger partial charge is 0.332 e. The minimum absolute atomic E-state index is 0.0240.